The maximum absolute atomic E-state index is 12.9. The van der Waals surface area contributed by atoms with Gasteiger partial charge in [0.1, 0.15) is 0 Å². The molecular formula is C26H30N6O. The van der Waals surface area contributed by atoms with Gasteiger partial charge in [0.05, 0.1) is 12.6 Å². The highest BCUT2D eigenvalue weighted by molar-refractivity contribution is 5.79. The van der Waals surface area contributed by atoms with Crippen molar-refractivity contribution in [3.05, 3.63) is 87.5 Å². The number of aryl methyl sites for hydroxylation is 1. The molecule has 1 N–H and O–H groups in total. The largest absolute Gasteiger partial charge is 0.322 e. The van der Waals surface area contributed by atoms with E-state index >= 15 is 0 Å². The van der Waals surface area contributed by atoms with E-state index in [2.05, 4.69) is 56.6 Å². The van der Waals surface area contributed by atoms with Crippen molar-refractivity contribution in [1.82, 2.24) is 30.1 Å². The van der Waals surface area contributed by atoms with Gasteiger partial charge < -0.3 is 4.98 Å². The fraction of sp³-hybridized carbons (Fsp3) is 0.385. The molecular weight excluding hydrogens is 412 g/mol. The second-order valence-electron chi connectivity index (χ2n) is 9.01. The van der Waals surface area contributed by atoms with Crippen LogP contribution in [0.15, 0.2) is 59.4 Å². The number of nitrogens with one attached hydrogen (secondary N) is 1. The van der Waals surface area contributed by atoms with Crippen LogP contribution in [0, 0.1) is 0 Å². The van der Waals surface area contributed by atoms with Crippen LogP contribution in [0.4, 0.5) is 0 Å². The molecule has 0 saturated heterocycles. The molecule has 2 aromatic heterocycles. The van der Waals surface area contributed by atoms with Crippen LogP contribution in [0.25, 0.3) is 10.9 Å². The van der Waals surface area contributed by atoms with Gasteiger partial charge in [0.15, 0.2) is 5.82 Å². The van der Waals surface area contributed by atoms with Crippen molar-refractivity contribution < 1.29 is 0 Å². The summed E-state index contributed by atoms with van der Waals surface area (Å²) in [4.78, 5) is 18.2. The van der Waals surface area contributed by atoms with Gasteiger partial charge in [-0.25, -0.2) is 4.68 Å². The average Bonchev–Trinajstić information content (AvgIpc) is 3.52. The number of benzene rings is 2. The highest BCUT2D eigenvalue weighted by atomic mass is 16.1. The van der Waals surface area contributed by atoms with Crippen molar-refractivity contribution in [3.8, 4) is 0 Å². The van der Waals surface area contributed by atoms with E-state index in [1.807, 2.05) is 35.0 Å². The van der Waals surface area contributed by atoms with Gasteiger partial charge in [0.2, 0.25) is 0 Å². The SMILES string of the molecule is CCc1ccc2[nH]c(=O)c(CN(Cc3ccccc3)Cc3nnnn3C3CCCC3)cc2c1. The van der Waals surface area contributed by atoms with E-state index < -0.39 is 0 Å². The molecule has 0 spiro atoms. The molecule has 0 radical (unpaired) electrons. The van der Waals surface area contributed by atoms with E-state index in [-0.39, 0.29) is 5.56 Å². The fourth-order valence-corrected chi connectivity index (χ4v) is 4.84. The van der Waals surface area contributed by atoms with E-state index in [0.717, 1.165) is 41.6 Å². The first-order valence-corrected chi connectivity index (χ1v) is 11.9. The molecule has 0 amide bonds. The molecule has 5 rings (SSSR count). The minimum absolute atomic E-state index is 0.0415. The Kier molecular flexibility index (Phi) is 6.30. The number of nitrogens with zero attached hydrogens (tertiary/aromatic N) is 5. The number of hydrogen-bond donors (Lipinski definition) is 1. The van der Waals surface area contributed by atoms with Crippen molar-refractivity contribution in [2.75, 3.05) is 0 Å². The molecule has 0 bridgehead atoms. The molecule has 1 aliphatic carbocycles. The van der Waals surface area contributed by atoms with Crippen LogP contribution in [-0.4, -0.2) is 30.1 Å². The first-order chi connectivity index (χ1) is 16.2. The molecule has 2 heterocycles. The maximum Gasteiger partial charge on any atom is 0.252 e. The van der Waals surface area contributed by atoms with Crippen LogP contribution in [0.2, 0.25) is 0 Å². The first-order valence-electron chi connectivity index (χ1n) is 11.9. The summed E-state index contributed by atoms with van der Waals surface area (Å²) >= 11 is 0. The number of H-pyrrole nitrogens is 1. The van der Waals surface area contributed by atoms with Gasteiger partial charge >= 0.3 is 0 Å². The molecule has 1 saturated carbocycles. The van der Waals surface area contributed by atoms with Gasteiger partial charge in [-0.3, -0.25) is 9.69 Å². The van der Waals surface area contributed by atoms with Gasteiger partial charge in [0, 0.05) is 24.2 Å². The molecule has 2 aromatic carbocycles. The van der Waals surface area contributed by atoms with Crippen LogP contribution in [0.1, 0.15) is 61.2 Å². The van der Waals surface area contributed by atoms with Crippen molar-refractivity contribution in [2.45, 2.75) is 64.7 Å². The zero-order chi connectivity index (χ0) is 22.6. The number of aromatic nitrogens is 5. The van der Waals surface area contributed by atoms with E-state index in [1.165, 1.54) is 24.0 Å². The Morgan fingerprint density at radius 3 is 2.61 bits per heavy atom. The topological polar surface area (TPSA) is 79.7 Å². The van der Waals surface area contributed by atoms with Gasteiger partial charge in [0.25, 0.3) is 5.56 Å². The van der Waals surface area contributed by atoms with Crippen LogP contribution in [-0.2, 0) is 26.1 Å². The summed E-state index contributed by atoms with van der Waals surface area (Å²) in [5.41, 5.74) is 4.05. The normalized spacial score (nSPS) is 14.5. The molecule has 1 aliphatic rings. The smallest absolute Gasteiger partial charge is 0.252 e. The van der Waals surface area contributed by atoms with Crippen molar-refractivity contribution in [2.24, 2.45) is 0 Å². The number of aromatic amines is 1. The Labute approximate surface area is 193 Å². The summed E-state index contributed by atoms with van der Waals surface area (Å²) < 4.78 is 2.00. The minimum atomic E-state index is -0.0415. The predicted octanol–water partition coefficient (Wildman–Crippen LogP) is 4.39. The van der Waals surface area contributed by atoms with Crippen molar-refractivity contribution >= 4 is 10.9 Å². The highest BCUT2D eigenvalue weighted by Gasteiger charge is 2.23. The third-order valence-electron chi connectivity index (χ3n) is 6.63. The van der Waals surface area contributed by atoms with E-state index in [1.54, 1.807) is 0 Å². The molecule has 1 fully saturated rings. The second kappa shape index (κ2) is 9.67. The Morgan fingerprint density at radius 1 is 1.00 bits per heavy atom. The van der Waals surface area contributed by atoms with Gasteiger partial charge in [-0.05, 0) is 64.4 Å². The standard InChI is InChI=1S/C26H30N6O/c1-2-19-12-13-24-21(14-19)15-22(26(33)27-24)17-31(16-20-8-4-3-5-9-20)18-25-28-29-30-32(25)23-10-6-7-11-23/h3-5,8-9,12-15,23H,2,6-7,10-11,16-18H2,1H3,(H,27,33). The molecule has 0 atom stereocenters. The quantitative estimate of drug-likeness (QED) is 0.438. The summed E-state index contributed by atoms with van der Waals surface area (Å²) in [7, 11) is 0. The number of pyridine rings is 1. The molecule has 7 heteroatoms. The molecule has 7 nitrogen and oxygen atoms in total. The summed E-state index contributed by atoms with van der Waals surface area (Å²) in [5, 5.41) is 13.7. The van der Waals surface area contributed by atoms with Crippen LogP contribution < -0.4 is 5.56 Å². The van der Waals surface area contributed by atoms with E-state index in [0.29, 0.717) is 25.7 Å². The van der Waals surface area contributed by atoms with Gasteiger partial charge in [-0.1, -0.05) is 56.2 Å². The monoisotopic (exact) mass is 442 g/mol. The van der Waals surface area contributed by atoms with Crippen LogP contribution in [0.5, 0.6) is 0 Å². The lowest BCUT2D eigenvalue weighted by molar-refractivity contribution is 0.231. The summed E-state index contributed by atoms with van der Waals surface area (Å²) in [6.45, 7) is 3.97. The predicted molar refractivity (Wildman–Crippen MR) is 129 cm³/mol. The third-order valence-corrected chi connectivity index (χ3v) is 6.63. The van der Waals surface area contributed by atoms with Gasteiger partial charge in [-0.2, -0.15) is 0 Å². The fourth-order valence-electron chi connectivity index (χ4n) is 4.84. The maximum atomic E-state index is 12.9. The lowest BCUT2D eigenvalue weighted by Crippen LogP contribution is -2.28. The number of rotatable bonds is 8. The second-order valence-corrected chi connectivity index (χ2v) is 9.01. The molecule has 4 aromatic rings. The van der Waals surface area contributed by atoms with Crippen molar-refractivity contribution in [1.29, 1.82) is 0 Å². The molecule has 0 unspecified atom stereocenters. The Balaban J connectivity index is 1.45. The Bertz CT molecular complexity index is 1270. The highest BCUT2D eigenvalue weighted by Crippen LogP contribution is 2.29. The number of tetrazole rings is 1. The van der Waals surface area contributed by atoms with E-state index in [4.69, 9.17) is 0 Å². The Hall–Kier alpha value is -3.32. The van der Waals surface area contributed by atoms with Gasteiger partial charge in [-0.15, -0.1) is 5.10 Å². The zero-order valence-corrected chi connectivity index (χ0v) is 19.1. The summed E-state index contributed by atoms with van der Waals surface area (Å²) in [5.74, 6) is 0.864. The Morgan fingerprint density at radius 2 is 1.82 bits per heavy atom. The molecule has 33 heavy (non-hydrogen) atoms. The summed E-state index contributed by atoms with van der Waals surface area (Å²) in [6.07, 6.45) is 5.67. The summed E-state index contributed by atoms with van der Waals surface area (Å²) in [6, 6.07) is 19.0. The average molecular weight is 443 g/mol. The number of fused-ring (bicyclic) bond motifs is 1. The van der Waals surface area contributed by atoms with E-state index in [9.17, 15) is 4.79 Å². The van der Waals surface area contributed by atoms with Crippen LogP contribution in [0.3, 0.4) is 0 Å². The lowest BCUT2D eigenvalue weighted by atomic mass is 10.1. The first kappa shape index (κ1) is 21.5. The third kappa shape index (κ3) is 4.88. The lowest BCUT2D eigenvalue weighted by Gasteiger charge is -2.23. The van der Waals surface area contributed by atoms with Crippen LogP contribution >= 0.6 is 0 Å². The zero-order valence-electron chi connectivity index (χ0n) is 19.1. The minimum Gasteiger partial charge on any atom is -0.322 e. The molecule has 170 valence electrons. The van der Waals surface area contributed by atoms with Crippen molar-refractivity contribution in [3.63, 3.8) is 0 Å². The number of hydrogen-bond acceptors (Lipinski definition) is 5. The molecule has 0 aliphatic heterocycles.